The van der Waals surface area contributed by atoms with Gasteiger partial charge >= 0.3 is 0 Å². The van der Waals surface area contributed by atoms with Crippen LogP contribution in [-0.2, 0) is 16.2 Å². The molecule has 0 atom stereocenters. The highest BCUT2D eigenvalue weighted by Gasteiger charge is 2.09. The van der Waals surface area contributed by atoms with Gasteiger partial charge in [-0.2, -0.15) is 0 Å². The lowest BCUT2D eigenvalue weighted by molar-refractivity contribution is -0.120. The number of nitrogens with zero attached hydrogens (tertiary/aromatic N) is 1. The van der Waals surface area contributed by atoms with Crippen molar-refractivity contribution < 1.29 is 14.4 Å². The van der Waals surface area contributed by atoms with Crippen LogP contribution in [0.25, 0.3) is 10.8 Å². The topological polar surface area (TPSA) is 59.9 Å². The molecule has 166 valence electrons. The number of carbonyl (C=O) groups is 1. The molecule has 0 saturated heterocycles. The maximum Gasteiger partial charge on any atom is 0.265 e. The van der Waals surface area contributed by atoms with Crippen molar-refractivity contribution in [2.24, 2.45) is 5.16 Å². The van der Waals surface area contributed by atoms with E-state index < -0.39 is 0 Å². The van der Waals surface area contributed by atoms with Crippen LogP contribution in [0.2, 0.25) is 0 Å². The number of fused-ring (bicyclic) bond motifs is 1. The predicted octanol–water partition coefficient (Wildman–Crippen LogP) is 6.48. The first-order valence-electron chi connectivity index (χ1n) is 10.5. The van der Waals surface area contributed by atoms with E-state index in [9.17, 15) is 4.79 Å². The quantitative estimate of drug-likeness (QED) is 0.221. The fraction of sp³-hybridized carbons (Fsp3) is 0.111. The Bertz CT molecular complexity index is 1270. The maximum atomic E-state index is 12.1. The molecule has 33 heavy (non-hydrogen) atoms. The van der Waals surface area contributed by atoms with E-state index in [0.717, 1.165) is 37.6 Å². The number of hydrogen-bond donors (Lipinski definition) is 1. The summed E-state index contributed by atoms with van der Waals surface area (Å²) in [6.45, 7) is 2.23. The summed E-state index contributed by atoms with van der Waals surface area (Å²) < 4.78 is 7.12. The molecule has 4 aromatic carbocycles. The van der Waals surface area contributed by atoms with Crippen molar-refractivity contribution in [1.29, 1.82) is 0 Å². The molecular weight excluding hydrogens is 480 g/mol. The number of benzene rings is 4. The first-order chi connectivity index (χ1) is 16.1. The Hall–Kier alpha value is -3.64. The second kappa shape index (κ2) is 10.8. The van der Waals surface area contributed by atoms with Crippen LogP contribution in [0.15, 0.2) is 94.6 Å². The summed E-state index contributed by atoms with van der Waals surface area (Å²) in [7, 11) is 0. The van der Waals surface area contributed by atoms with Gasteiger partial charge in [-0.3, -0.25) is 4.79 Å². The highest BCUT2D eigenvalue weighted by molar-refractivity contribution is 9.10. The standard InChI is InChI=1S/C27H23BrN2O3/c1-19-6-13-23(14-7-19)30-27(31)18-33-29-16-25-24-5-3-2-4-21(24)10-15-26(25)32-17-20-8-11-22(28)12-9-20/h2-16H,17-18H2,1H3,(H,30,31)/b29-16+. The van der Waals surface area contributed by atoms with Gasteiger partial charge in [0.15, 0.2) is 6.61 Å². The van der Waals surface area contributed by atoms with Crippen molar-refractivity contribution in [1.82, 2.24) is 0 Å². The van der Waals surface area contributed by atoms with Crippen LogP contribution in [-0.4, -0.2) is 18.7 Å². The van der Waals surface area contributed by atoms with E-state index >= 15 is 0 Å². The summed E-state index contributed by atoms with van der Waals surface area (Å²) in [6.07, 6.45) is 1.60. The fourth-order valence-corrected chi connectivity index (χ4v) is 3.56. The van der Waals surface area contributed by atoms with Crippen molar-refractivity contribution >= 4 is 44.5 Å². The number of rotatable bonds is 8. The first-order valence-corrected chi connectivity index (χ1v) is 11.3. The van der Waals surface area contributed by atoms with Crippen LogP contribution >= 0.6 is 15.9 Å². The van der Waals surface area contributed by atoms with Gasteiger partial charge in [-0.15, -0.1) is 0 Å². The van der Waals surface area contributed by atoms with Gasteiger partial charge in [-0.1, -0.05) is 81.2 Å². The van der Waals surface area contributed by atoms with Crippen molar-refractivity contribution in [2.45, 2.75) is 13.5 Å². The molecule has 0 aliphatic heterocycles. The third-order valence-electron chi connectivity index (χ3n) is 5.03. The van der Waals surface area contributed by atoms with Gasteiger partial charge < -0.3 is 14.9 Å². The maximum absolute atomic E-state index is 12.1. The summed E-state index contributed by atoms with van der Waals surface area (Å²) >= 11 is 3.45. The van der Waals surface area contributed by atoms with Crippen molar-refractivity contribution in [2.75, 3.05) is 11.9 Å². The monoisotopic (exact) mass is 502 g/mol. The number of ether oxygens (including phenoxy) is 1. The van der Waals surface area contributed by atoms with Crippen molar-refractivity contribution in [3.8, 4) is 5.75 Å². The predicted molar refractivity (Wildman–Crippen MR) is 136 cm³/mol. The molecule has 0 heterocycles. The van der Waals surface area contributed by atoms with E-state index in [1.54, 1.807) is 6.21 Å². The molecule has 0 spiro atoms. The normalized spacial score (nSPS) is 11.0. The Morgan fingerprint density at radius 2 is 1.73 bits per heavy atom. The van der Waals surface area contributed by atoms with Gasteiger partial charge in [-0.25, -0.2) is 0 Å². The molecule has 0 aliphatic rings. The number of amides is 1. The third-order valence-corrected chi connectivity index (χ3v) is 5.55. The van der Waals surface area contributed by atoms with Crippen LogP contribution in [0.5, 0.6) is 5.75 Å². The molecule has 0 radical (unpaired) electrons. The lowest BCUT2D eigenvalue weighted by Crippen LogP contribution is -2.16. The van der Waals surface area contributed by atoms with Gasteiger partial charge in [0, 0.05) is 15.7 Å². The first kappa shape index (κ1) is 22.6. The Morgan fingerprint density at radius 1 is 0.970 bits per heavy atom. The average molecular weight is 503 g/mol. The fourth-order valence-electron chi connectivity index (χ4n) is 3.30. The minimum atomic E-state index is -0.277. The zero-order valence-electron chi connectivity index (χ0n) is 18.1. The second-order valence-corrected chi connectivity index (χ2v) is 8.45. The minimum absolute atomic E-state index is 0.190. The second-order valence-electron chi connectivity index (χ2n) is 7.54. The van der Waals surface area contributed by atoms with Crippen molar-refractivity contribution in [3.63, 3.8) is 0 Å². The molecule has 0 aromatic heterocycles. The summed E-state index contributed by atoms with van der Waals surface area (Å²) in [4.78, 5) is 17.4. The number of carbonyl (C=O) groups excluding carboxylic acids is 1. The summed E-state index contributed by atoms with van der Waals surface area (Å²) in [6, 6.07) is 27.5. The summed E-state index contributed by atoms with van der Waals surface area (Å²) in [5, 5.41) is 8.88. The Morgan fingerprint density at radius 3 is 2.52 bits per heavy atom. The number of nitrogens with one attached hydrogen (secondary N) is 1. The molecule has 1 amide bonds. The number of hydrogen-bond acceptors (Lipinski definition) is 4. The van der Waals surface area contributed by atoms with Gasteiger partial charge in [0.25, 0.3) is 5.91 Å². The van der Waals surface area contributed by atoms with Gasteiger partial charge in [0.2, 0.25) is 0 Å². The number of oxime groups is 1. The molecule has 0 saturated carbocycles. The van der Waals surface area contributed by atoms with E-state index in [-0.39, 0.29) is 12.5 Å². The smallest absolute Gasteiger partial charge is 0.265 e. The van der Waals surface area contributed by atoms with Gasteiger partial charge in [0.05, 0.1) is 6.21 Å². The molecule has 1 N–H and O–H groups in total. The number of halogens is 1. The molecule has 4 aromatic rings. The third kappa shape index (κ3) is 6.20. The summed E-state index contributed by atoms with van der Waals surface area (Å²) in [5.74, 6) is 0.411. The van der Waals surface area contributed by atoms with E-state index in [1.165, 1.54) is 0 Å². The van der Waals surface area contributed by atoms with E-state index in [1.807, 2.05) is 91.9 Å². The lowest BCUT2D eigenvalue weighted by Gasteiger charge is -2.12. The Balaban J connectivity index is 1.45. The Kier molecular flexibility index (Phi) is 7.37. The molecule has 0 aliphatic carbocycles. The summed E-state index contributed by atoms with van der Waals surface area (Å²) in [5.41, 5.74) is 3.69. The SMILES string of the molecule is Cc1ccc(NC(=O)CO/N=C/c2c(OCc3ccc(Br)cc3)ccc3ccccc23)cc1. The minimum Gasteiger partial charge on any atom is -0.488 e. The van der Waals surface area contributed by atoms with E-state index in [0.29, 0.717) is 12.4 Å². The lowest BCUT2D eigenvalue weighted by atomic mass is 10.0. The largest absolute Gasteiger partial charge is 0.488 e. The molecule has 4 rings (SSSR count). The molecule has 0 unspecified atom stereocenters. The molecular formula is C27H23BrN2O3. The zero-order valence-corrected chi connectivity index (χ0v) is 19.7. The number of anilines is 1. The van der Waals surface area contributed by atoms with Gasteiger partial charge in [-0.05, 0) is 53.6 Å². The highest BCUT2D eigenvalue weighted by Crippen LogP contribution is 2.27. The molecule has 6 heteroatoms. The zero-order chi connectivity index (χ0) is 23.0. The van der Waals surface area contributed by atoms with Crippen LogP contribution < -0.4 is 10.1 Å². The van der Waals surface area contributed by atoms with Gasteiger partial charge in [0.1, 0.15) is 12.4 Å². The van der Waals surface area contributed by atoms with E-state index in [4.69, 9.17) is 9.57 Å². The van der Waals surface area contributed by atoms with Crippen LogP contribution in [0.3, 0.4) is 0 Å². The average Bonchev–Trinajstić information content (AvgIpc) is 2.83. The van der Waals surface area contributed by atoms with Crippen LogP contribution in [0, 0.1) is 6.92 Å². The van der Waals surface area contributed by atoms with Crippen molar-refractivity contribution in [3.05, 3.63) is 106 Å². The molecule has 0 bridgehead atoms. The molecule has 0 fully saturated rings. The van der Waals surface area contributed by atoms with Crippen LogP contribution in [0.4, 0.5) is 5.69 Å². The highest BCUT2D eigenvalue weighted by atomic mass is 79.9. The van der Waals surface area contributed by atoms with Crippen LogP contribution in [0.1, 0.15) is 16.7 Å². The van der Waals surface area contributed by atoms with E-state index in [2.05, 4.69) is 26.4 Å². The molecule has 5 nitrogen and oxygen atoms in total. The number of aryl methyl sites for hydroxylation is 1. The Labute approximate surface area is 201 Å².